The van der Waals surface area contributed by atoms with Crippen molar-refractivity contribution in [2.75, 3.05) is 20.3 Å². The van der Waals surface area contributed by atoms with E-state index in [2.05, 4.69) is 6.58 Å². The van der Waals surface area contributed by atoms with Gasteiger partial charge in [-0.15, -0.1) is 0 Å². The molecule has 37 heavy (non-hydrogen) atoms. The van der Waals surface area contributed by atoms with Crippen LogP contribution in [0.4, 0.5) is 0 Å². The Kier molecular flexibility index (Phi) is 10.5. The number of carbonyl (C=O) groups excluding carboxylic acids is 3. The Balaban J connectivity index is 1.48. The lowest BCUT2D eigenvalue weighted by Gasteiger charge is -2.12. The topological polar surface area (TPSA) is 88.1 Å². The zero-order valence-electron chi connectivity index (χ0n) is 20.8. The number of aldehydes is 1. The summed E-state index contributed by atoms with van der Waals surface area (Å²) < 4.78 is 21.7. The second-order valence-corrected chi connectivity index (χ2v) is 8.15. The molecule has 0 saturated carbocycles. The van der Waals surface area contributed by atoms with E-state index in [-0.39, 0.29) is 0 Å². The van der Waals surface area contributed by atoms with Crippen LogP contribution in [0.15, 0.2) is 79.4 Å². The van der Waals surface area contributed by atoms with E-state index < -0.39 is 11.9 Å². The van der Waals surface area contributed by atoms with Crippen molar-refractivity contribution >= 4 is 18.2 Å². The molecule has 0 aliphatic heterocycles. The molecular weight excluding hydrogens is 472 g/mol. The van der Waals surface area contributed by atoms with Crippen LogP contribution in [0.5, 0.6) is 17.2 Å². The maximum atomic E-state index is 12.7. The van der Waals surface area contributed by atoms with Crippen LogP contribution in [0.3, 0.4) is 0 Å². The lowest BCUT2D eigenvalue weighted by atomic mass is 10.0. The van der Waals surface area contributed by atoms with E-state index in [0.29, 0.717) is 41.6 Å². The molecule has 0 aliphatic rings. The molecule has 3 aromatic carbocycles. The molecular formula is C30H30O7. The third-order valence-corrected chi connectivity index (χ3v) is 5.55. The molecule has 0 spiro atoms. The van der Waals surface area contributed by atoms with Gasteiger partial charge in [-0.1, -0.05) is 43.0 Å². The van der Waals surface area contributed by atoms with Gasteiger partial charge in [0.15, 0.2) is 11.5 Å². The first-order chi connectivity index (χ1) is 18.0. The van der Waals surface area contributed by atoms with E-state index in [9.17, 15) is 14.4 Å². The summed E-state index contributed by atoms with van der Waals surface area (Å²) in [7, 11) is 1.52. The lowest BCUT2D eigenvalue weighted by molar-refractivity contribution is -0.137. The van der Waals surface area contributed by atoms with Crippen molar-refractivity contribution < 1.29 is 33.3 Å². The Hall–Kier alpha value is -4.39. The lowest BCUT2D eigenvalue weighted by Crippen LogP contribution is -2.09. The van der Waals surface area contributed by atoms with Gasteiger partial charge in [0.25, 0.3) is 0 Å². The normalized spacial score (nSPS) is 10.3. The largest absolute Gasteiger partial charge is 0.493 e. The zero-order valence-corrected chi connectivity index (χ0v) is 20.8. The average Bonchev–Trinajstić information content (AvgIpc) is 2.94. The number of methoxy groups -OCH3 is 1. The van der Waals surface area contributed by atoms with Gasteiger partial charge < -0.3 is 18.9 Å². The maximum Gasteiger partial charge on any atom is 0.343 e. The Morgan fingerprint density at radius 2 is 1.46 bits per heavy atom. The van der Waals surface area contributed by atoms with Crippen molar-refractivity contribution in [2.24, 2.45) is 0 Å². The predicted molar refractivity (Wildman–Crippen MR) is 140 cm³/mol. The number of unbranched alkanes of at least 4 members (excludes halogenated alkanes) is 3. The number of rotatable bonds is 14. The van der Waals surface area contributed by atoms with Crippen molar-refractivity contribution in [3.05, 3.63) is 90.5 Å². The molecule has 0 N–H and O–H groups in total. The summed E-state index contributed by atoms with van der Waals surface area (Å²) in [5, 5.41) is 0. The smallest absolute Gasteiger partial charge is 0.343 e. The summed E-state index contributed by atoms with van der Waals surface area (Å²) in [4.78, 5) is 34.5. The van der Waals surface area contributed by atoms with Crippen LogP contribution in [0, 0.1) is 0 Å². The van der Waals surface area contributed by atoms with Gasteiger partial charge in [0.2, 0.25) is 0 Å². The summed E-state index contributed by atoms with van der Waals surface area (Å²) in [6, 6.07) is 19.3. The first-order valence-corrected chi connectivity index (χ1v) is 12.0. The van der Waals surface area contributed by atoms with E-state index in [1.807, 2.05) is 24.3 Å². The second-order valence-electron chi connectivity index (χ2n) is 8.15. The van der Waals surface area contributed by atoms with Crippen LogP contribution < -0.4 is 14.2 Å². The maximum absolute atomic E-state index is 12.7. The van der Waals surface area contributed by atoms with Crippen LogP contribution in [-0.4, -0.2) is 38.5 Å². The van der Waals surface area contributed by atoms with E-state index >= 15 is 0 Å². The van der Waals surface area contributed by atoms with Crippen LogP contribution >= 0.6 is 0 Å². The highest BCUT2D eigenvalue weighted by atomic mass is 16.5. The van der Waals surface area contributed by atoms with E-state index in [1.54, 1.807) is 42.5 Å². The molecule has 0 saturated heterocycles. The summed E-state index contributed by atoms with van der Waals surface area (Å²) in [6.07, 6.45) is 5.43. The van der Waals surface area contributed by atoms with Gasteiger partial charge in [-0.05, 0) is 67.1 Å². The number of hydrogen-bond acceptors (Lipinski definition) is 7. The monoisotopic (exact) mass is 502 g/mol. The molecule has 7 heteroatoms. The minimum absolute atomic E-state index is 0.340. The standard InChI is InChI=1S/C30H30O7/c1-3-29(32)36-19-7-5-4-6-18-35-27-17-14-25(20-28(27)34-2)30(33)37-26-15-12-24(13-16-26)23-10-8-22(21-31)9-11-23/h3,8-17,20-21H,1,4-7,18-19H2,2H3. The fraction of sp³-hybridized carbons (Fsp3) is 0.233. The molecule has 0 aliphatic carbocycles. The van der Waals surface area contributed by atoms with Crippen LogP contribution in [0.2, 0.25) is 0 Å². The zero-order chi connectivity index (χ0) is 26.5. The van der Waals surface area contributed by atoms with Gasteiger partial charge in [-0.3, -0.25) is 4.79 Å². The van der Waals surface area contributed by atoms with Gasteiger partial charge in [-0.2, -0.15) is 0 Å². The quantitative estimate of drug-likeness (QED) is 0.0870. The Morgan fingerprint density at radius 1 is 0.811 bits per heavy atom. The summed E-state index contributed by atoms with van der Waals surface area (Å²) >= 11 is 0. The van der Waals surface area contributed by atoms with Gasteiger partial charge in [0, 0.05) is 11.6 Å². The number of ether oxygens (including phenoxy) is 4. The molecule has 3 aromatic rings. The first kappa shape index (κ1) is 27.2. The number of carbonyl (C=O) groups is 3. The van der Waals surface area contributed by atoms with Crippen molar-refractivity contribution in [3.8, 4) is 28.4 Å². The highest BCUT2D eigenvalue weighted by molar-refractivity contribution is 5.92. The number of benzene rings is 3. The Morgan fingerprint density at radius 3 is 2.08 bits per heavy atom. The van der Waals surface area contributed by atoms with E-state index in [1.165, 1.54) is 7.11 Å². The second kappa shape index (κ2) is 14.2. The summed E-state index contributed by atoms with van der Waals surface area (Å²) in [5.74, 6) is 0.491. The minimum atomic E-state index is -0.509. The fourth-order valence-corrected chi connectivity index (χ4v) is 3.52. The number of esters is 2. The highest BCUT2D eigenvalue weighted by Gasteiger charge is 2.14. The molecule has 0 radical (unpaired) electrons. The Labute approximate surface area is 216 Å². The highest BCUT2D eigenvalue weighted by Crippen LogP contribution is 2.29. The molecule has 0 fully saturated rings. The van der Waals surface area contributed by atoms with E-state index in [0.717, 1.165) is 49.2 Å². The van der Waals surface area contributed by atoms with Gasteiger partial charge >= 0.3 is 11.9 Å². The molecule has 0 atom stereocenters. The average molecular weight is 503 g/mol. The third-order valence-electron chi connectivity index (χ3n) is 5.55. The molecule has 0 aromatic heterocycles. The predicted octanol–water partition coefficient (Wildman–Crippen LogP) is 6.06. The minimum Gasteiger partial charge on any atom is -0.493 e. The van der Waals surface area contributed by atoms with Crippen molar-refractivity contribution in [1.82, 2.24) is 0 Å². The molecule has 3 rings (SSSR count). The summed E-state index contributed by atoms with van der Waals surface area (Å²) in [6.45, 7) is 4.24. The van der Waals surface area contributed by atoms with Crippen molar-refractivity contribution in [2.45, 2.75) is 25.7 Å². The molecule has 0 unspecified atom stereocenters. The van der Waals surface area contributed by atoms with Gasteiger partial charge in [0.1, 0.15) is 12.0 Å². The van der Waals surface area contributed by atoms with Gasteiger partial charge in [0.05, 0.1) is 25.9 Å². The Bertz CT molecular complexity index is 1200. The SMILES string of the molecule is C=CC(=O)OCCCCCCOc1ccc(C(=O)Oc2ccc(-c3ccc(C=O)cc3)cc2)cc1OC. The van der Waals surface area contributed by atoms with Crippen LogP contribution in [0.25, 0.3) is 11.1 Å². The van der Waals surface area contributed by atoms with Crippen molar-refractivity contribution in [1.29, 1.82) is 0 Å². The van der Waals surface area contributed by atoms with Gasteiger partial charge in [-0.25, -0.2) is 9.59 Å². The molecule has 0 heterocycles. The number of hydrogen-bond donors (Lipinski definition) is 0. The fourth-order valence-electron chi connectivity index (χ4n) is 3.52. The molecule has 192 valence electrons. The molecule has 7 nitrogen and oxygen atoms in total. The first-order valence-electron chi connectivity index (χ1n) is 12.0. The van der Waals surface area contributed by atoms with Crippen LogP contribution in [-0.2, 0) is 9.53 Å². The third kappa shape index (κ3) is 8.35. The van der Waals surface area contributed by atoms with Crippen molar-refractivity contribution in [3.63, 3.8) is 0 Å². The summed E-state index contributed by atoms with van der Waals surface area (Å²) in [5.41, 5.74) is 2.85. The van der Waals surface area contributed by atoms with Crippen LogP contribution in [0.1, 0.15) is 46.4 Å². The van der Waals surface area contributed by atoms with E-state index in [4.69, 9.17) is 18.9 Å². The molecule has 0 bridgehead atoms. The molecule has 0 amide bonds.